The van der Waals surface area contributed by atoms with E-state index in [4.69, 9.17) is 0 Å². The van der Waals surface area contributed by atoms with E-state index in [1.165, 1.54) is 0 Å². The van der Waals surface area contributed by atoms with Crippen LogP contribution in [0.5, 0.6) is 5.75 Å². The number of nitrogens with zero attached hydrogens (tertiary/aromatic N) is 3. The number of piperidine rings is 1. The fraction of sp³-hybridized carbons (Fsp3) is 0.474. The minimum Gasteiger partial charge on any atom is -0.507 e. The van der Waals surface area contributed by atoms with Crippen LogP contribution in [0.3, 0.4) is 0 Å². The molecule has 0 bridgehead atoms. The summed E-state index contributed by atoms with van der Waals surface area (Å²) in [7, 11) is 0. The van der Waals surface area contributed by atoms with Crippen LogP contribution in [0, 0.1) is 13.8 Å². The normalized spacial score (nSPS) is 17.9. The maximum absolute atomic E-state index is 12.9. The molecule has 24 heavy (non-hydrogen) atoms. The zero-order valence-electron chi connectivity index (χ0n) is 14.4. The third-order valence-electron chi connectivity index (χ3n) is 4.90. The summed E-state index contributed by atoms with van der Waals surface area (Å²) in [6, 6.07) is 5.48. The maximum atomic E-state index is 12.9. The van der Waals surface area contributed by atoms with Gasteiger partial charge in [-0.05, 0) is 57.2 Å². The number of aryl methyl sites for hydroxylation is 3. The molecule has 0 unspecified atom stereocenters. The van der Waals surface area contributed by atoms with Crippen LogP contribution in [0.4, 0.5) is 0 Å². The Morgan fingerprint density at radius 3 is 2.88 bits per heavy atom. The number of hydrogen-bond donors (Lipinski definition) is 1. The summed E-state index contributed by atoms with van der Waals surface area (Å²) in [4.78, 5) is 19.1. The molecule has 3 rings (SSSR count). The highest BCUT2D eigenvalue weighted by molar-refractivity contribution is 5.97. The highest BCUT2D eigenvalue weighted by Crippen LogP contribution is 2.26. The molecule has 0 saturated carbocycles. The number of amides is 1. The summed E-state index contributed by atoms with van der Waals surface area (Å²) in [6.45, 7) is 5.53. The lowest BCUT2D eigenvalue weighted by atomic mass is 9.97. The van der Waals surface area contributed by atoms with Crippen molar-refractivity contribution in [1.29, 1.82) is 0 Å². The first kappa shape index (κ1) is 16.6. The van der Waals surface area contributed by atoms with Crippen molar-refractivity contribution in [2.45, 2.75) is 52.1 Å². The van der Waals surface area contributed by atoms with Gasteiger partial charge in [0.1, 0.15) is 11.6 Å². The Kier molecular flexibility index (Phi) is 4.88. The van der Waals surface area contributed by atoms with Gasteiger partial charge >= 0.3 is 0 Å². The van der Waals surface area contributed by atoms with Crippen LogP contribution in [-0.4, -0.2) is 38.1 Å². The van der Waals surface area contributed by atoms with Gasteiger partial charge in [-0.15, -0.1) is 0 Å². The maximum Gasteiger partial charge on any atom is 0.257 e. The molecule has 0 radical (unpaired) electrons. The van der Waals surface area contributed by atoms with Gasteiger partial charge in [0.05, 0.1) is 5.56 Å². The number of imidazole rings is 1. The zero-order valence-corrected chi connectivity index (χ0v) is 14.4. The molecule has 1 saturated heterocycles. The van der Waals surface area contributed by atoms with Gasteiger partial charge in [0, 0.05) is 31.5 Å². The number of aromatic nitrogens is 2. The van der Waals surface area contributed by atoms with Crippen molar-refractivity contribution in [1.82, 2.24) is 14.5 Å². The molecule has 1 amide bonds. The number of aromatic hydroxyl groups is 1. The van der Waals surface area contributed by atoms with Crippen molar-refractivity contribution >= 4 is 5.91 Å². The lowest BCUT2D eigenvalue weighted by Gasteiger charge is -2.36. The van der Waals surface area contributed by atoms with Crippen molar-refractivity contribution < 1.29 is 9.90 Å². The smallest absolute Gasteiger partial charge is 0.257 e. The molecule has 5 heteroatoms. The second kappa shape index (κ2) is 7.07. The van der Waals surface area contributed by atoms with E-state index in [1.54, 1.807) is 12.1 Å². The van der Waals surface area contributed by atoms with E-state index in [2.05, 4.69) is 9.55 Å². The van der Waals surface area contributed by atoms with E-state index in [0.29, 0.717) is 5.56 Å². The van der Waals surface area contributed by atoms with Gasteiger partial charge in [-0.2, -0.15) is 0 Å². The van der Waals surface area contributed by atoms with E-state index < -0.39 is 0 Å². The van der Waals surface area contributed by atoms with E-state index in [1.807, 2.05) is 37.2 Å². The van der Waals surface area contributed by atoms with E-state index >= 15 is 0 Å². The Morgan fingerprint density at radius 2 is 2.17 bits per heavy atom. The van der Waals surface area contributed by atoms with Gasteiger partial charge in [-0.1, -0.05) is 6.07 Å². The molecule has 0 aliphatic carbocycles. The second-order valence-corrected chi connectivity index (χ2v) is 6.63. The van der Waals surface area contributed by atoms with Crippen molar-refractivity contribution in [2.24, 2.45) is 0 Å². The van der Waals surface area contributed by atoms with Crippen LogP contribution in [0.2, 0.25) is 0 Å². The fourth-order valence-corrected chi connectivity index (χ4v) is 3.47. The molecule has 5 nitrogen and oxygen atoms in total. The number of carbonyl (C=O) groups is 1. The van der Waals surface area contributed by atoms with Gasteiger partial charge in [0.15, 0.2) is 0 Å². The topological polar surface area (TPSA) is 58.4 Å². The Balaban J connectivity index is 1.74. The molecule has 1 aliphatic rings. The van der Waals surface area contributed by atoms with Crippen LogP contribution in [0.1, 0.15) is 47.4 Å². The number of hydrogen-bond acceptors (Lipinski definition) is 3. The number of benzene rings is 1. The fourth-order valence-electron chi connectivity index (χ4n) is 3.47. The molecule has 1 atom stereocenters. The minimum absolute atomic E-state index is 0.0560. The first-order valence-electron chi connectivity index (χ1n) is 8.64. The number of rotatable bonds is 4. The summed E-state index contributed by atoms with van der Waals surface area (Å²) in [5, 5.41) is 10.1. The predicted octanol–water partition coefficient (Wildman–Crippen LogP) is 3.29. The molecular weight excluding hydrogens is 302 g/mol. The summed E-state index contributed by atoms with van der Waals surface area (Å²) < 4.78 is 2.13. The Morgan fingerprint density at radius 1 is 1.33 bits per heavy atom. The van der Waals surface area contributed by atoms with Crippen LogP contribution in [0.25, 0.3) is 0 Å². The van der Waals surface area contributed by atoms with Gasteiger partial charge in [0.2, 0.25) is 0 Å². The van der Waals surface area contributed by atoms with Crippen LogP contribution in [0.15, 0.2) is 30.6 Å². The number of carbonyl (C=O) groups excluding carboxylic acids is 1. The molecule has 2 heterocycles. The molecule has 1 aromatic carbocycles. The summed E-state index contributed by atoms with van der Waals surface area (Å²) in [5.41, 5.74) is 1.36. The second-order valence-electron chi connectivity index (χ2n) is 6.63. The predicted molar refractivity (Wildman–Crippen MR) is 93.1 cm³/mol. The van der Waals surface area contributed by atoms with Gasteiger partial charge in [-0.3, -0.25) is 4.79 Å². The molecule has 1 aliphatic heterocycles. The molecule has 128 valence electrons. The van der Waals surface area contributed by atoms with Gasteiger partial charge in [-0.25, -0.2) is 4.98 Å². The highest BCUT2D eigenvalue weighted by atomic mass is 16.3. The molecule has 2 aromatic rings. The number of phenols is 1. The molecule has 1 aromatic heterocycles. The third-order valence-corrected chi connectivity index (χ3v) is 4.90. The van der Waals surface area contributed by atoms with Crippen molar-refractivity contribution in [3.05, 3.63) is 47.5 Å². The average Bonchev–Trinajstić information content (AvgIpc) is 2.98. The Labute approximate surface area is 142 Å². The standard InChI is InChI=1S/C19H25N3O2/c1-14-6-7-17(18(23)13-14)19(24)22-10-4-3-5-16(22)8-11-21-12-9-20-15(21)2/h6-7,9,12-13,16,23H,3-5,8,10-11H2,1-2H3/t16-/m1/s1. The summed E-state index contributed by atoms with van der Waals surface area (Å²) in [6.07, 6.45) is 7.90. The Hall–Kier alpha value is -2.30. The molecular formula is C19H25N3O2. The van der Waals surface area contributed by atoms with Crippen LogP contribution >= 0.6 is 0 Å². The molecule has 1 N–H and O–H groups in total. The minimum atomic E-state index is -0.0560. The van der Waals surface area contributed by atoms with E-state index in [9.17, 15) is 9.90 Å². The average molecular weight is 327 g/mol. The number of likely N-dealkylation sites (tertiary alicyclic amines) is 1. The molecule has 0 spiro atoms. The zero-order chi connectivity index (χ0) is 17.1. The lowest BCUT2D eigenvalue weighted by molar-refractivity contribution is 0.0592. The summed E-state index contributed by atoms with van der Waals surface area (Å²) >= 11 is 0. The first-order valence-corrected chi connectivity index (χ1v) is 8.64. The SMILES string of the molecule is Cc1ccc(C(=O)N2CCCC[C@@H]2CCn2ccnc2C)c(O)c1. The monoisotopic (exact) mass is 327 g/mol. The first-order chi connectivity index (χ1) is 11.6. The van der Waals surface area contributed by atoms with Crippen molar-refractivity contribution in [3.8, 4) is 5.75 Å². The quantitative estimate of drug-likeness (QED) is 0.937. The Bertz CT molecular complexity index is 723. The number of phenolic OH excluding ortho intramolecular Hbond substituents is 1. The van der Waals surface area contributed by atoms with Crippen LogP contribution < -0.4 is 0 Å². The van der Waals surface area contributed by atoms with Crippen molar-refractivity contribution in [2.75, 3.05) is 6.54 Å². The van der Waals surface area contributed by atoms with Gasteiger partial charge < -0.3 is 14.6 Å². The molecule has 1 fully saturated rings. The highest BCUT2D eigenvalue weighted by Gasteiger charge is 2.28. The van der Waals surface area contributed by atoms with Gasteiger partial charge in [0.25, 0.3) is 5.91 Å². The lowest BCUT2D eigenvalue weighted by Crippen LogP contribution is -2.44. The largest absolute Gasteiger partial charge is 0.507 e. The summed E-state index contributed by atoms with van der Waals surface area (Å²) in [5.74, 6) is 1.02. The van der Waals surface area contributed by atoms with Crippen LogP contribution in [-0.2, 0) is 6.54 Å². The van der Waals surface area contributed by atoms with Crippen molar-refractivity contribution in [3.63, 3.8) is 0 Å². The third kappa shape index (κ3) is 3.45. The van der Waals surface area contributed by atoms with E-state index in [-0.39, 0.29) is 17.7 Å². The van der Waals surface area contributed by atoms with E-state index in [0.717, 1.165) is 50.2 Å².